The first-order chi connectivity index (χ1) is 12.5. The summed E-state index contributed by atoms with van der Waals surface area (Å²) in [7, 11) is 0. The summed E-state index contributed by atoms with van der Waals surface area (Å²) >= 11 is 0. The molecule has 9 heteroatoms. The maximum absolute atomic E-state index is 10.7. The molecule has 0 bridgehead atoms. The first kappa shape index (κ1) is 17.0. The van der Waals surface area contributed by atoms with Crippen molar-refractivity contribution >= 4 is 11.5 Å². The highest BCUT2D eigenvalue weighted by molar-refractivity contribution is 5.63. The fraction of sp³-hybridized carbons (Fsp3) is 0.0588. The Kier molecular flexibility index (Phi) is 4.79. The van der Waals surface area contributed by atoms with Crippen LogP contribution in [0.25, 0.3) is 11.1 Å². The van der Waals surface area contributed by atoms with Gasteiger partial charge in [-0.3, -0.25) is 15.1 Å². The van der Waals surface area contributed by atoms with E-state index in [4.69, 9.17) is 4.74 Å². The molecule has 0 saturated heterocycles. The van der Waals surface area contributed by atoms with Gasteiger partial charge in [-0.15, -0.1) is 0 Å². The number of nitro groups is 2. The number of aromatic nitrogens is 2. The average Bonchev–Trinajstić information content (AvgIpc) is 2.67. The number of rotatable bonds is 6. The molecule has 0 aliphatic rings. The van der Waals surface area contributed by atoms with Gasteiger partial charge in [0, 0.05) is 35.5 Å². The summed E-state index contributed by atoms with van der Waals surface area (Å²) in [5, 5.41) is 21.3. The van der Waals surface area contributed by atoms with Crippen LogP contribution < -0.4 is 4.74 Å². The molecule has 0 spiro atoms. The predicted molar refractivity (Wildman–Crippen MR) is 91.6 cm³/mol. The average molecular weight is 352 g/mol. The van der Waals surface area contributed by atoms with E-state index in [1.165, 1.54) is 30.6 Å². The molecule has 0 aliphatic carbocycles. The van der Waals surface area contributed by atoms with Gasteiger partial charge in [0.1, 0.15) is 18.6 Å². The van der Waals surface area contributed by atoms with Crippen molar-refractivity contribution in [2.24, 2.45) is 0 Å². The lowest BCUT2D eigenvalue weighted by atomic mass is 10.1. The Morgan fingerprint density at radius 2 is 1.65 bits per heavy atom. The minimum atomic E-state index is -0.564. The molecule has 0 radical (unpaired) electrons. The Hall–Kier alpha value is -3.88. The summed E-state index contributed by atoms with van der Waals surface area (Å²) in [6.07, 6.45) is 4.53. The zero-order chi connectivity index (χ0) is 18.5. The third-order valence-electron chi connectivity index (χ3n) is 3.53. The number of nitro benzene ring substituents is 1. The molecule has 0 saturated carbocycles. The van der Waals surface area contributed by atoms with Crippen LogP contribution >= 0.6 is 0 Å². The molecule has 0 unspecified atom stereocenters. The zero-order valence-corrected chi connectivity index (χ0v) is 13.3. The Morgan fingerprint density at radius 1 is 0.885 bits per heavy atom. The molecule has 0 aliphatic heterocycles. The molecule has 2 aromatic heterocycles. The van der Waals surface area contributed by atoms with Crippen LogP contribution in [-0.2, 0) is 6.61 Å². The van der Waals surface area contributed by atoms with Gasteiger partial charge in [-0.1, -0.05) is 0 Å². The van der Waals surface area contributed by atoms with Crippen molar-refractivity contribution in [1.82, 2.24) is 9.97 Å². The molecule has 0 fully saturated rings. The normalized spacial score (nSPS) is 10.3. The second-order valence-corrected chi connectivity index (χ2v) is 5.28. The van der Waals surface area contributed by atoms with Crippen LogP contribution in [0.15, 0.2) is 61.1 Å². The number of hydrogen-bond acceptors (Lipinski definition) is 7. The van der Waals surface area contributed by atoms with E-state index >= 15 is 0 Å². The Morgan fingerprint density at radius 3 is 2.27 bits per heavy atom. The van der Waals surface area contributed by atoms with E-state index in [0.29, 0.717) is 16.9 Å². The van der Waals surface area contributed by atoms with Gasteiger partial charge in [0.15, 0.2) is 0 Å². The number of hydrogen-bond donors (Lipinski definition) is 0. The second-order valence-electron chi connectivity index (χ2n) is 5.28. The highest BCUT2D eigenvalue weighted by Crippen LogP contribution is 2.24. The molecule has 0 atom stereocenters. The van der Waals surface area contributed by atoms with Crippen LogP contribution in [0, 0.1) is 20.2 Å². The van der Waals surface area contributed by atoms with E-state index in [-0.39, 0.29) is 18.1 Å². The van der Waals surface area contributed by atoms with Crippen molar-refractivity contribution in [3.8, 4) is 16.9 Å². The number of pyridine rings is 2. The summed E-state index contributed by atoms with van der Waals surface area (Å²) in [5.41, 5.74) is 2.17. The molecule has 3 aromatic rings. The second kappa shape index (κ2) is 7.34. The Bertz CT molecular complexity index is 942. The third kappa shape index (κ3) is 3.96. The maximum atomic E-state index is 10.7. The third-order valence-corrected chi connectivity index (χ3v) is 3.53. The van der Waals surface area contributed by atoms with E-state index in [9.17, 15) is 20.2 Å². The van der Waals surface area contributed by atoms with Gasteiger partial charge in [0.05, 0.1) is 11.1 Å². The summed E-state index contributed by atoms with van der Waals surface area (Å²) in [6.45, 7) is 0.224. The molecule has 0 amide bonds. The van der Waals surface area contributed by atoms with Crippen molar-refractivity contribution in [1.29, 1.82) is 0 Å². The minimum absolute atomic E-state index is 0.0167. The number of benzene rings is 1. The van der Waals surface area contributed by atoms with Crippen LogP contribution in [0.1, 0.15) is 5.56 Å². The van der Waals surface area contributed by atoms with Crippen LogP contribution in [0.2, 0.25) is 0 Å². The maximum Gasteiger partial charge on any atom is 0.363 e. The van der Waals surface area contributed by atoms with Crippen LogP contribution in [0.3, 0.4) is 0 Å². The van der Waals surface area contributed by atoms with Gasteiger partial charge in [0.25, 0.3) is 5.69 Å². The summed E-state index contributed by atoms with van der Waals surface area (Å²) < 4.78 is 5.66. The van der Waals surface area contributed by atoms with Gasteiger partial charge < -0.3 is 14.9 Å². The van der Waals surface area contributed by atoms with Crippen molar-refractivity contribution < 1.29 is 14.6 Å². The van der Waals surface area contributed by atoms with Gasteiger partial charge in [-0.05, 0) is 39.7 Å². The summed E-state index contributed by atoms with van der Waals surface area (Å²) in [5.74, 6) is 0.270. The lowest BCUT2D eigenvalue weighted by Crippen LogP contribution is -1.97. The largest absolute Gasteiger partial charge is 0.487 e. The van der Waals surface area contributed by atoms with E-state index in [0.717, 1.165) is 5.56 Å². The Labute approximate surface area is 147 Å². The van der Waals surface area contributed by atoms with E-state index in [2.05, 4.69) is 9.97 Å². The smallest absolute Gasteiger partial charge is 0.363 e. The molecular formula is C17H12N4O5. The lowest BCUT2D eigenvalue weighted by Gasteiger charge is -2.07. The van der Waals surface area contributed by atoms with Gasteiger partial charge >= 0.3 is 5.82 Å². The number of nitrogens with zero attached hydrogens (tertiary/aromatic N) is 4. The summed E-state index contributed by atoms with van der Waals surface area (Å²) in [4.78, 5) is 28.1. The molecule has 2 heterocycles. The quantitative estimate of drug-likeness (QED) is 0.491. The molecule has 3 rings (SSSR count). The molecule has 26 heavy (non-hydrogen) atoms. The summed E-state index contributed by atoms with van der Waals surface area (Å²) in [6, 6.07) is 10.7. The monoisotopic (exact) mass is 352 g/mol. The van der Waals surface area contributed by atoms with E-state index in [1.807, 2.05) is 0 Å². The molecule has 9 nitrogen and oxygen atoms in total. The van der Waals surface area contributed by atoms with E-state index in [1.54, 1.807) is 30.5 Å². The van der Waals surface area contributed by atoms with Gasteiger partial charge in [0.2, 0.25) is 0 Å². The molecule has 130 valence electrons. The van der Waals surface area contributed by atoms with Crippen molar-refractivity contribution in [2.45, 2.75) is 6.61 Å². The minimum Gasteiger partial charge on any atom is -0.487 e. The number of ether oxygens (including phenoxy) is 1. The topological polar surface area (TPSA) is 121 Å². The van der Waals surface area contributed by atoms with Crippen molar-refractivity contribution in [3.05, 3.63) is 86.8 Å². The SMILES string of the molecule is O=[N+]([O-])c1ccc(COc2cncc(-c3ccc([N+](=O)[O-])nc3)c2)cc1. The van der Waals surface area contributed by atoms with Gasteiger partial charge in [-0.25, -0.2) is 0 Å². The zero-order valence-electron chi connectivity index (χ0n) is 13.3. The highest BCUT2D eigenvalue weighted by Gasteiger charge is 2.09. The lowest BCUT2D eigenvalue weighted by molar-refractivity contribution is -0.389. The van der Waals surface area contributed by atoms with E-state index < -0.39 is 9.85 Å². The van der Waals surface area contributed by atoms with Gasteiger partial charge in [-0.2, -0.15) is 0 Å². The highest BCUT2D eigenvalue weighted by atomic mass is 16.6. The van der Waals surface area contributed by atoms with Crippen LogP contribution in [0.5, 0.6) is 5.75 Å². The molecular weight excluding hydrogens is 340 g/mol. The molecule has 0 N–H and O–H groups in total. The number of non-ortho nitro benzene ring substituents is 1. The Balaban J connectivity index is 1.71. The van der Waals surface area contributed by atoms with Crippen molar-refractivity contribution in [3.63, 3.8) is 0 Å². The molecule has 1 aromatic carbocycles. The van der Waals surface area contributed by atoms with Crippen LogP contribution in [0.4, 0.5) is 11.5 Å². The predicted octanol–water partition coefficient (Wildman–Crippen LogP) is 3.54. The first-order valence-electron chi connectivity index (χ1n) is 7.45. The fourth-order valence-corrected chi connectivity index (χ4v) is 2.20. The first-order valence-corrected chi connectivity index (χ1v) is 7.45. The van der Waals surface area contributed by atoms with Crippen molar-refractivity contribution in [2.75, 3.05) is 0 Å². The standard InChI is InChI=1S/C17H12N4O5/c22-20(23)15-4-1-12(2-5-15)11-26-16-7-14(8-18-10-16)13-3-6-17(19-9-13)21(24)25/h1-10H,11H2. The van der Waals surface area contributed by atoms with Crippen LogP contribution in [-0.4, -0.2) is 19.8 Å². The fourth-order valence-electron chi connectivity index (χ4n) is 2.20.